The molecule has 2 heteroatoms. The second kappa shape index (κ2) is 15.3. The van der Waals surface area contributed by atoms with E-state index in [-0.39, 0.29) is 5.41 Å². The van der Waals surface area contributed by atoms with E-state index in [1.807, 2.05) is 6.08 Å². The average molecular weight is 785 g/mol. The molecule has 1 heterocycles. The van der Waals surface area contributed by atoms with Crippen LogP contribution in [0.1, 0.15) is 48.7 Å². The Labute approximate surface area is 360 Å². The summed E-state index contributed by atoms with van der Waals surface area (Å²) >= 11 is 0. The lowest BCUT2D eigenvalue weighted by atomic mass is 9.82. The number of benzene rings is 8. The highest BCUT2D eigenvalue weighted by molar-refractivity contribution is 5.98. The summed E-state index contributed by atoms with van der Waals surface area (Å²) in [5.74, 6) is 0. The van der Waals surface area contributed by atoms with Crippen LogP contribution in [-0.4, -0.2) is 4.57 Å². The van der Waals surface area contributed by atoms with Gasteiger partial charge >= 0.3 is 0 Å². The Morgan fingerprint density at radius 3 is 1.70 bits per heavy atom. The van der Waals surface area contributed by atoms with Gasteiger partial charge in [-0.25, -0.2) is 0 Å². The Morgan fingerprint density at radius 2 is 1.07 bits per heavy atom. The molecule has 2 nitrogen and oxygen atoms in total. The molecule has 8 aromatic carbocycles. The van der Waals surface area contributed by atoms with Gasteiger partial charge < -0.3 is 9.47 Å². The topological polar surface area (TPSA) is 8.17 Å². The number of allylic oxidation sites excluding steroid dienone is 1. The highest BCUT2D eigenvalue weighted by atomic mass is 15.1. The molecule has 0 saturated heterocycles. The molecule has 0 N–H and O–H groups in total. The summed E-state index contributed by atoms with van der Waals surface area (Å²) in [6.45, 7) is 13.2. The Hall–Kier alpha value is -7.42. The van der Waals surface area contributed by atoms with Gasteiger partial charge in [0.1, 0.15) is 0 Å². The van der Waals surface area contributed by atoms with Crippen LogP contribution in [0.4, 0.5) is 17.1 Å². The van der Waals surface area contributed by atoms with Crippen molar-refractivity contribution in [1.82, 2.24) is 4.57 Å². The fraction of sp³-hybridized carbons (Fsp3) is 0.0847. The zero-order chi connectivity index (χ0) is 41.7. The Morgan fingerprint density at radius 1 is 0.508 bits per heavy atom. The molecule has 0 unspecified atom stereocenters. The Balaban J connectivity index is 1.04. The number of fused-ring (bicyclic) bond motifs is 4. The molecule has 1 aromatic heterocycles. The monoisotopic (exact) mass is 784 g/mol. The molecule has 10 rings (SSSR count). The van der Waals surface area contributed by atoms with E-state index in [9.17, 15) is 0 Å². The zero-order valence-electron chi connectivity index (χ0n) is 35.2. The first-order valence-corrected chi connectivity index (χ1v) is 21.2. The Kier molecular flexibility index (Phi) is 9.49. The van der Waals surface area contributed by atoms with Crippen molar-refractivity contribution < 1.29 is 0 Å². The van der Waals surface area contributed by atoms with E-state index >= 15 is 0 Å². The second-order valence-electron chi connectivity index (χ2n) is 16.7. The molecule has 61 heavy (non-hydrogen) atoms. The fourth-order valence-corrected chi connectivity index (χ4v) is 9.47. The summed E-state index contributed by atoms with van der Waals surface area (Å²) < 4.78 is 2.33. The van der Waals surface area contributed by atoms with Gasteiger partial charge in [-0.1, -0.05) is 160 Å². The maximum Gasteiger partial charge on any atom is 0.0541 e. The minimum atomic E-state index is -0.110. The van der Waals surface area contributed by atoms with Crippen LogP contribution < -0.4 is 4.90 Å². The zero-order valence-corrected chi connectivity index (χ0v) is 35.2. The molecule has 1 aliphatic rings. The molecule has 9 aromatic rings. The summed E-state index contributed by atoms with van der Waals surface area (Å²) in [7, 11) is 0. The fourth-order valence-electron chi connectivity index (χ4n) is 9.47. The molecule has 294 valence electrons. The van der Waals surface area contributed by atoms with Crippen molar-refractivity contribution in [1.29, 1.82) is 0 Å². The molecular formula is C59H48N2. The van der Waals surface area contributed by atoms with Gasteiger partial charge in [-0.3, -0.25) is 0 Å². The van der Waals surface area contributed by atoms with Gasteiger partial charge in [0.15, 0.2) is 0 Å². The van der Waals surface area contributed by atoms with Crippen LogP contribution in [0.15, 0.2) is 201 Å². The highest BCUT2D eigenvalue weighted by Gasteiger charge is 2.35. The predicted molar refractivity (Wildman–Crippen MR) is 261 cm³/mol. The van der Waals surface area contributed by atoms with Gasteiger partial charge in [-0.15, -0.1) is 0 Å². The second-order valence-corrected chi connectivity index (χ2v) is 16.7. The van der Waals surface area contributed by atoms with Crippen molar-refractivity contribution in [2.45, 2.75) is 33.1 Å². The van der Waals surface area contributed by atoms with Crippen molar-refractivity contribution in [2.24, 2.45) is 0 Å². The SMILES string of the molecule is C=Cc1c(/C=C\C)c2cc(-c3ccc(N(c4ccc(-c5ccc(-c6ccccc6)cc5)cc4)c4ccc5c(c4)C(C)(C)c4ccccc4-5)cc3)ccc2n1-c1cccc(C)c1. The molecule has 0 spiro atoms. The van der Waals surface area contributed by atoms with Crippen LogP contribution >= 0.6 is 0 Å². The van der Waals surface area contributed by atoms with Crippen molar-refractivity contribution in [2.75, 3.05) is 4.90 Å². The van der Waals surface area contributed by atoms with Crippen LogP contribution in [0.2, 0.25) is 0 Å². The maximum absolute atomic E-state index is 4.25. The van der Waals surface area contributed by atoms with Crippen LogP contribution in [-0.2, 0) is 5.41 Å². The average Bonchev–Trinajstić information content (AvgIpc) is 3.74. The molecule has 0 saturated carbocycles. The van der Waals surface area contributed by atoms with Crippen LogP contribution in [0.25, 0.3) is 73.2 Å². The molecule has 1 aliphatic carbocycles. The van der Waals surface area contributed by atoms with E-state index in [4.69, 9.17) is 0 Å². The number of nitrogens with zero attached hydrogens (tertiary/aromatic N) is 2. The van der Waals surface area contributed by atoms with Crippen LogP contribution in [0.3, 0.4) is 0 Å². The van der Waals surface area contributed by atoms with E-state index in [0.717, 1.165) is 34.0 Å². The lowest BCUT2D eigenvalue weighted by Gasteiger charge is -2.28. The minimum absolute atomic E-state index is 0.110. The largest absolute Gasteiger partial charge is 0.310 e. The van der Waals surface area contributed by atoms with Gasteiger partial charge in [0.25, 0.3) is 0 Å². The highest BCUT2D eigenvalue weighted by Crippen LogP contribution is 2.51. The van der Waals surface area contributed by atoms with Gasteiger partial charge in [0.2, 0.25) is 0 Å². The van der Waals surface area contributed by atoms with Gasteiger partial charge in [0, 0.05) is 39.1 Å². The lowest BCUT2D eigenvalue weighted by Crippen LogP contribution is -2.16. The molecule has 0 fully saturated rings. The molecule has 0 atom stereocenters. The van der Waals surface area contributed by atoms with Gasteiger partial charge in [-0.05, 0) is 142 Å². The van der Waals surface area contributed by atoms with E-state index in [1.165, 1.54) is 72.1 Å². The summed E-state index contributed by atoms with van der Waals surface area (Å²) in [5.41, 5.74) is 21.6. The third-order valence-corrected chi connectivity index (χ3v) is 12.6. The first-order chi connectivity index (χ1) is 29.8. The molecule has 0 radical (unpaired) electrons. The smallest absolute Gasteiger partial charge is 0.0541 e. The summed E-state index contributed by atoms with van der Waals surface area (Å²) in [6.07, 6.45) is 6.30. The lowest BCUT2D eigenvalue weighted by molar-refractivity contribution is 0.660. The number of hydrogen-bond acceptors (Lipinski definition) is 1. The third-order valence-electron chi connectivity index (χ3n) is 12.6. The summed E-state index contributed by atoms with van der Waals surface area (Å²) in [5, 5.41) is 1.20. The number of aromatic nitrogens is 1. The van der Waals surface area contributed by atoms with E-state index in [0.29, 0.717) is 0 Å². The van der Waals surface area contributed by atoms with E-state index in [2.05, 4.69) is 244 Å². The summed E-state index contributed by atoms with van der Waals surface area (Å²) in [6, 6.07) is 68.9. The van der Waals surface area contributed by atoms with Crippen LogP contribution in [0, 0.1) is 6.92 Å². The Bertz CT molecular complexity index is 3110. The van der Waals surface area contributed by atoms with E-state index in [1.54, 1.807) is 0 Å². The number of rotatable bonds is 9. The normalized spacial score (nSPS) is 12.7. The quantitative estimate of drug-likeness (QED) is 0.142. The van der Waals surface area contributed by atoms with Crippen molar-refractivity contribution in [3.63, 3.8) is 0 Å². The molecule has 0 amide bonds. The van der Waals surface area contributed by atoms with Gasteiger partial charge in [0.05, 0.1) is 11.2 Å². The molecule has 0 aliphatic heterocycles. The van der Waals surface area contributed by atoms with Crippen molar-refractivity contribution in [3.05, 3.63) is 229 Å². The van der Waals surface area contributed by atoms with Crippen LogP contribution in [0.5, 0.6) is 0 Å². The van der Waals surface area contributed by atoms with Gasteiger partial charge in [-0.2, -0.15) is 0 Å². The first kappa shape index (κ1) is 37.8. The van der Waals surface area contributed by atoms with E-state index < -0.39 is 0 Å². The molecule has 0 bridgehead atoms. The number of anilines is 3. The maximum atomic E-state index is 4.25. The minimum Gasteiger partial charge on any atom is -0.310 e. The predicted octanol–water partition coefficient (Wildman–Crippen LogP) is 16.4. The number of hydrogen-bond donors (Lipinski definition) is 0. The summed E-state index contributed by atoms with van der Waals surface area (Å²) in [4.78, 5) is 2.40. The van der Waals surface area contributed by atoms with Crippen molar-refractivity contribution >= 4 is 40.1 Å². The number of aryl methyl sites for hydroxylation is 1. The first-order valence-electron chi connectivity index (χ1n) is 21.2. The standard InChI is InChI=1S/C59H48N2/c1-6-14-53-54-38-46(29-36-58(54)61(57(53)7-2)49-18-13-15-40(3)37-49)45-27-32-48(33-28-45)60(50-34-35-52-51-19-11-12-20-55(51)59(4,5)56(52)39-50)47-30-25-44(26-31-47)43-23-21-42(22-24-43)41-16-9-8-10-17-41/h6-39H,2H2,1,3-5H3/b14-6-. The third kappa shape index (κ3) is 6.62. The molecular weight excluding hydrogens is 737 g/mol. The van der Waals surface area contributed by atoms with Crippen molar-refractivity contribution in [3.8, 4) is 50.2 Å².